The van der Waals surface area contributed by atoms with Crippen molar-refractivity contribution in [2.75, 3.05) is 5.32 Å². The van der Waals surface area contributed by atoms with Crippen LogP contribution in [0.25, 0.3) is 0 Å². The minimum atomic E-state index is -3.12. The van der Waals surface area contributed by atoms with Crippen molar-refractivity contribution in [2.24, 2.45) is 0 Å². The first-order chi connectivity index (χ1) is 16.8. The molecule has 2 aromatic rings. The second-order valence-corrected chi connectivity index (χ2v) is 9.52. The van der Waals surface area contributed by atoms with Gasteiger partial charge in [-0.1, -0.05) is 18.5 Å². The number of rotatable bonds is 7. The number of Topliss-reactive ketones (excluding diaryl/α,β-unsaturated/α-hetero) is 2. The first-order valence-electron chi connectivity index (χ1n) is 11.3. The molecule has 2 aliphatic rings. The van der Waals surface area contributed by atoms with E-state index in [9.17, 15) is 36.7 Å². The van der Waals surface area contributed by atoms with E-state index in [0.29, 0.717) is 25.1 Å². The number of hydrogen-bond donors (Lipinski definition) is 2. The summed E-state index contributed by atoms with van der Waals surface area (Å²) in [6.07, 6.45) is -0.925. The van der Waals surface area contributed by atoms with Gasteiger partial charge < -0.3 is 15.2 Å². The normalized spacial score (nSPS) is 17.2. The van der Waals surface area contributed by atoms with E-state index < -0.39 is 64.3 Å². The molecule has 1 aliphatic heterocycles. The summed E-state index contributed by atoms with van der Waals surface area (Å²) in [6.45, 7) is 3.28. The number of ketones is 2. The maximum Gasteiger partial charge on any atom is 0.293 e. The van der Waals surface area contributed by atoms with E-state index in [2.05, 4.69) is 10.6 Å². The number of carbonyl (C=O) groups excluding carboxylic acids is 4. The Balaban J connectivity index is 1.63. The Labute approximate surface area is 208 Å². The molecule has 1 aromatic carbocycles. The van der Waals surface area contributed by atoms with Gasteiger partial charge in [-0.05, 0) is 31.4 Å². The lowest BCUT2D eigenvalue weighted by molar-refractivity contribution is -0.163. The van der Waals surface area contributed by atoms with E-state index in [1.165, 1.54) is 13.8 Å². The molecule has 2 amide bonds. The summed E-state index contributed by atoms with van der Waals surface area (Å²) >= 11 is 5.64. The molecule has 0 unspecified atom stereocenters. The number of hydrogen-bond acceptors (Lipinski definition) is 4. The molecule has 1 aromatic heterocycles. The van der Waals surface area contributed by atoms with Gasteiger partial charge >= 0.3 is 0 Å². The van der Waals surface area contributed by atoms with Crippen LogP contribution in [0.1, 0.15) is 64.7 Å². The van der Waals surface area contributed by atoms with Crippen LogP contribution in [0.3, 0.4) is 0 Å². The lowest BCUT2D eigenvalue weighted by atomic mass is 9.69. The number of nitrogens with zero attached hydrogens (tertiary/aromatic N) is 1. The molecule has 0 radical (unpaired) electrons. The predicted molar refractivity (Wildman–Crippen MR) is 121 cm³/mol. The van der Waals surface area contributed by atoms with Crippen molar-refractivity contribution in [3.05, 3.63) is 51.3 Å². The molecule has 2 heterocycles. The highest BCUT2D eigenvalue weighted by molar-refractivity contribution is 6.44. The Bertz CT molecular complexity index is 1290. The van der Waals surface area contributed by atoms with Crippen LogP contribution in [-0.2, 0) is 22.6 Å². The molecule has 192 valence electrons. The number of nitrogens with one attached hydrogen (secondary N) is 2. The fourth-order valence-corrected chi connectivity index (χ4v) is 5.25. The molecule has 2 N–H and O–H groups in total. The van der Waals surface area contributed by atoms with Crippen LogP contribution in [0.2, 0.25) is 5.02 Å². The molecule has 0 saturated heterocycles. The first kappa shape index (κ1) is 25.9. The summed E-state index contributed by atoms with van der Waals surface area (Å²) in [5, 5.41) is 4.11. The first-order valence-corrected chi connectivity index (χ1v) is 11.6. The third kappa shape index (κ3) is 4.29. The zero-order valence-corrected chi connectivity index (χ0v) is 20.1. The quantitative estimate of drug-likeness (QED) is 0.242. The van der Waals surface area contributed by atoms with E-state index in [1.807, 2.05) is 0 Å². The van der Waals surface area contributed by atoms with E-state index in [1.54, 1.807) is 4.57 Å². The van der Waals surface area contributed by atoms with E-state index >= 15 is 0 Å². The summed E-state index contributed by atoms with van der Waals surface area (Å²) < 4.78 is 56.0. The van der Waals surface area contributed by atoms with Gasteiger partial charge in [0.05, 0.1) is 10.6 Å². The second kappa shape index (κ2) is 9.02. The minimum absolute atomic E-state index is 0.0361. The molecule has 4 rings (SSSR count). The topological polar surface area (TPSA) is 97.3 Å². The zero-order chi connectivity index (χ0) is 26.6. The van der Waals surface area contributed by atoms with Crippen molar-refractivity contribution in [1.82, 2.24) is 9.88 Å². The number of carbonyl (C=O) groups is 4. The third-order valence-electron chi connectivity index (χ3n) is 6.63. The Morgan fingerprint density at radius 1 is 1.14 bits per heavy atom. The van der Waals surface area contributed by atoms with Gasteiger partial charge in [0.15, 0.2) is 17.4 Å². The Morgan fingerprint density at radius 2 is 1.81 bits per heavy atom. The van der Waals surface area contributed by atoms with Crippen molar-refractivity contribution < 1.29 is 36.7 Å². The van der Waals surface area contributed by atoms with Crippen LogP contribution in [0, 0.1) is 18.6 Å². The van der Waals surface area contributed by atoms with E-state index in [0.717, 1.165) is 12.1 Å². The highest BCUT2D eigenvalue weighted by atomic mass is 35.5. The minimum Gasteiger partial charge on any atom is -0.340 e. The largest absolute Gasteiger partial charge is 0.340 e. The number of amides is 2. The average Bonchev–Trinajstić information content (AvgIpc) is 3.34. The molecular weight excluding hydrogens is 506 g/mol. The van der Waals surface area contributed by atoms with E-state index in [-0.39, 0.29) is 28.9 Å². The lowest BCUT2D eigenvalue weighted by Gasteiger charge is -2.46. The number of alkyl halides is 2. The van der Waals surface area contributed by atoms with Gasteiger partial charge in [-0.25, -0.2) is 17.6 Å². The van der Waals surface area contributed by atoms with Crippen molar-refractivity contribution in [2.45, 2.75) is 64.0 Å². The summed E-state index contributed by atoms with van der Waals surface area (Å²) in [7, 11) is 0. The summed E-state index contributed by atoms with van der Waals surface area (Å²) in [5.74, 6) is -9.26. The number of halogens is 5. The number of benzene rings is 1. The van der Waals surface area contributed by atoms with Gasteiger partial charge in [0.1, 0.15) is 11.2 Å². The number of fused-ring (bicyclic) bond motifs is 1. The summed E-state index contributed by atoms with van der Waals surface area (Å²) in [6, 6.07) is 1.78. The number of anilines is 1. The maximum absolute atomic E-state index is 13.7. The third-order valence-corrected chi connectivity index (χ3v) is 6.90. The van der Waals surface area contributed by atoms with Crippen molar-refractivity contribution >= 4 is 40.7 Å². The Hall–Kier alpha value is -3.21. The zero-order valence-electron chi connectivity index (χ0n) is 19.4. The summed E-state index contributed by atoms with van der Waals surface area (Å²) in [4.78, 5) is 51.4. The molecular formula is C24H22ClF4N3O4. The highest BCUT2D eigenvalue weighted by Gasteiger charge is 2.61. The standard InChI is InChI=1S/C24H22ClF4N3O4/c1-3-16(33)23(9-24(28,29)10-23)31-22(36)20(34)17-11(2)19(32-6-4-5-15(17)32)21(35)30-12-7-13(25)18(27)14(26)8-12/h7-8H,3-6,9-10H2,1-2H3,(H,30,35)(H,31,36). The molecule has 1 fully saturated rings. The van der Waals surface area contributed by atoms with Gasteiger partial charge in [0, 0.05) is 43.3 Å². The van der Waals surface area contributed by atoms with Gasteiger partial charge in [-0.15, -0.1) is 0 Å². The molecule has 36 heavy (non-hydrogen) atoms. The van der Waals surface area contributed by atoms with Gasteiger partial charge in [-0.3, -0.25) is 19.2 Å². The fourth-order valence-electron chi connectivity index (χ4n) is 5.04. The molecule has 12 heteroatoms. The van der Waals surface area contributed by atoms with Crippen LogP contribution >= 0.6 is 11.6 Å². The Morgan fingerprint density at radius 3 is 2.39 bits per heavy atom. The fraction of sp³-hybridized carbons (Fsp3) is 0.417. The highest BCUT2D eigenvalue weighted by Crippen LogP contribution is 2.46. The lowest BCUT2D eigenvalue weighted by Crippen LogP contribution is -2.67. The van der Waals surface area contributed by atoms with Gasteiger partial charge in [0.2, 0.25) is 0 Å². The van der Waals surface area contributed by atoms with Crippen LogP contribution < -0.4 is 10.6 Å². The SMILES string of the molecule is CCC(=O)C1(NC(=O)C(=O)c2c(C)c(C(=O)Nc3cc(F)c(F)c(Cl)c3)n3c2CCC3)CC(F)(F)C1. The molecule has 1 saturated carbocycles. The average molecular weight is 528 g/mol. The second-order valence-electron chi connectivity index (χ2n) is 9.11. The van der Waals surface area contributed by atoms with Crippen molar-refractivity contribution in [3.8, 4) is 0 Å². The smallest absolute Gasteiger partial charge is 0.293 e. The maximum atomic E-state index is 13.7. The van der Waals surface area contributed by atoms with Crippen LogP contribution in [-0.4, -0.2) is 39.4 Å². The van der Waals surface area contributed by atoms with Gasteiger partial charge in [-0.2, -0.15) is 0 Å². The molecule has 0 atom stereocenters. The summed E-state index contributed by atoms with van der Waals surface area (Å²) in [5.41, 5.74) is -1.37. The van der Waals surface area contributed by atoms with Crippen LogP contribution in [0.15, 0.2) is 12.1 Å². The van der Waals surface area contributed by atoms with Crippen molar-refractivity contribution in [3.63, 3.8) is 0 Å². The Kier molecular flexibility index (Phi) is 6.48. The number of aromatic nitrogens is 1. The van der Waals surface area contributed by atoms with Gasteiger partial charge in [0.25, 0.3) is 23.5 Å². The van der Waals surface area contributed by atoms with Crippen LogP contribution in [0.4, 0.5) is 23.2 Å². The molecule has 1 aliphatic carbocycles. The molecule has 0 spiro atoms. The van der Waals surface area contributed by atoms with Crippen LogP contribution in [0.5, 0.6) is 0 Å². The van der Waals surface area contributed by atoms with E-state index in [4.69, 9.17) is 11.6 Å². The monoisotopic (exact) mass is 527 g/mol. The molecule has 7 nitrogen and oxygen atoms in total. The molecule has 0 bridgehead atoms. The van der Waals surface area contributed by atoms with Crippen molar-refractivity contribution in [1.29, 1.82) is 0 Å². The predicted octanol–water partition coefficient (Wildman–Crippen LogP) is 4.37.